The molecule has 1 aliphatic heterocycles. The van der Waals surface area contributed by atoms with E-state index in [1.807, 2.05) is 0 Å². The molecule has 0 unspecified atom stereocenters. The van der Waals surface area contributed by atoms with Gasteiger partial charge in [0.1, 0.15) is 5.76 Å². The van der Waals surface area contributed by atoms with E-state index in [0.29, 0.717) is 21.3 Å². The van der Waals surface area contributed by atoms with Gasteiger partial charge in [0.05, 0.1) is 11.6 Å². The van der Waals surface area contributed by atoms with Crippen LogP contribution in [0.1, 0.15) is 17.2 Å². The Hall–Kier alpha value is -2.48. The van der Waals surface area contributed by atoms with Crippen molar-refractivity contribution in [2.75, 3.05) is 4.90 Å². The number of rotatable bonds is 3. The highest BCUT2D eigenvalue weighted by Gasteiger charge is 2.47. The number of hydrogen-bond acceptors (Lipinski definition) is 5. The molecule has 0 saturated carbocycles. The van der Waals surface area contributed by atoms with Gasteiger partial charge >= 0.3 is 5.91 Å². The van der Waals surface area contributed by atoms with Gasteiger partial charge in [-0.1, -0.05) is 51.8 Å². The van der Waals surface area contributed by atoms with Gasteiger partial charge in [0.25, 0.3) is 5.78 Å². The van der Waals surface area contributed by atoms with E-state index in [0.717, 1.165) is 4.47 Å². The van der Waals surface area contributed by atoms with Crippen LogP contribution in [0.3, 0.4) is 0 Å². The molecule has 1 atom stereocenters. The summed E-state index contributed by atoms with van der Waals surface area (Å²) in [6.45, 7) is 0. The van der Waals surface area contributed by atoms with E-state index in [-0.39, 0.29) is 11.3 Å². The van der Waals surface area contributed by atoms with E-state index in [2.05, 4.69) is 20.9 Å². The van der Waals surface area contributed by atoms with Gasteiger partial charge < -0.3 is 5.11 Å². The molecule has 1 N–H and O–H groups in total. The minimum absolute atomic E-state index is 0.0184. The highest BCUT2D eigenvalue weighted by atomic mass is 79.9. The van der Waals surface area contributed by atoms with Gasteiger partial charge in [0.15, 0.2) is 5.13 Å². The zero-order valence-electron chi connectivity index (χ0n) is 14.2. The molecule has 0 radical (unpaired) electrons. The summed E-state index contributed by atoms with van der Waals surface area (Å²) in [5, 5.41) is 13.6. The number of ketones is 1. The summed E-state index contributed by atoms with van der Waals surface area (Å²) in [5.41, 5.74) is 1.11. The zero-order chi connectivity index (χ0) is 19.8. The Labute approximate surface area is 178 Å². The fourth-order valence-corrected chi connectivity index (χ4v) is 4.15. The molecular formula is C20H12BrClN2O3S. The van der Waals surface area contributed by atoms with Crippen LogP contribution in [-0.2, 0) is 9.59 Å². The Morgan fingerprint density at radius 3 is 2.39 bits per heavy atom. The minimum Gasteiger partial charge on any atom is -0.507 e. The van der Waals surface area contributed by atoms with E-state index < -0.39 is 17.7 Å². The van der Waals surface area contributed by atoms with Crippen molar-refractivity contribution in [1.82, 2.24) is 4.98 Å². The molecule has 4 rings (SSSR count). The van der Waals surface area contributed by atoms with Crippen LogP contribution in [0.4, 0.5) is 5.13 Å². The third kappa shape index (κ3) is 3.26. The Balaban J connectivity index is 1.93. The monoisotopic (exact) mass is 474 g/mol. The van der Waals surface area contributed by atoms with Crippen molar-refractivity contribution in [2.45, 2.75) is 6.04 Å². The van der Waals surface area contributed by atoms with Gasteiger partial charge in [-0.3, -0.25) is 14.5 Å². The first-order valence-corrected chi connectivity index (χ1v) is 10.2. The number of thiazole rings is 1. The molecule has 2 heterocycles. The number of hydrogen-bond donors (Lipinski definition) is 1. The van der Waals surface area contributed by atoms with Gasteiger partial charge in [0.2, 0.25) is 0 Å². The van der Waals surface area contributed by atoms with Gasteiger partial charge in [-0.2, -0.15) is 0 Å². The van der Waals surface area contributed by atoms with Crippen LogP contribution in [0.15, 0.2) is 70.2 Å². The average Bonchev–Trinajstić information content (AvgIpc) is 3.30. The summed E-state index contributed by atoms with van der Waals surface area (Å²) < 4.78 is 0.835. The van der Waals surface area contributed by atoms with E-state index in [1.54, 1.807) is 60.1 Å². The summed E-state index contributed by atoms with van der Waals surface area (Å²) in [5.74, 6) is -1.71. The summed E-state index contributed by atoms with van der Waals surface area (Å²) in [7, 11) is 0. The Morgan fingerprint density at radius 1 is 1.11 bits per heavy atom. The molecule has 1 fully saturated rings. The summed E-state index contributed by atoms with van der Waals surface area (Å²) >= 11 is 10.6. The number of aliphatic hydroxyl groups excluding tert-OH is 1. The fraction of sp³-hybridized carbons (Fsp3) is 0.0500. The highest BCUT2D eigenvalue weighted by Crippen LogP contribution is 2.42. The molecule has 1 amide bonds. The predicted octanol–water partition coefficient (Wildman–Crippen LogP) is 5.19. The number of Topliss-reactive ketones (excluding diaryl/α,β-unsaturated/α-hetero) is 1. The Morgan fingerprint density at radius 2 is 1.79 bits per heavy atom. The summed E-state index contributed by atoms with van der Waals surface area (Å²) in [6, 6.07) is 12.9. The normalized spacial score (nSPS) is 18.6. The van der Waals surface area contributed by atoms with Crippen molar-refractivity contribution in [2.24, 2.45) is 0 Å². The number of aromatic nitrogens is 1. The molecule has 5 nitrogen and oxygen atoms in total. The van der Waals surface area contributed by atoms with Gasteiger partial charge in [-0.05, 0) is 29.8 Å². The molecule has 0 aliphatic carbocycles. The smallest absolute Gasteiger partial charge is 0.301 e. The second kappa shape index (κ2) is 7.50. The molecular weight excluding hydrogens is 464 g/mol. The third-order valence-corrected chi connectivity index (χ3v) is 5.92. The molecule has 0 bridgehead atoms. The van der Waals surface area contributed by atoms with Crippen LogP contribution in [0, 0.1) is 0 Å². The van der Waals surface area contributed by atoms with Crippen LogP contribution >= 0.6 is 38.9 Å². The van der Waals surface area contributed by atoms with Crippen molar-refractivity contribution in [3.63, 3.8) is 0 Å². The van der Waals surface area contributed by atoms with Crippen LogP contribution in [0.25, 0.3) is 5.76 Å². The molecule has 0 spiro atoms. The van der Waals surface area contributed by atoms with Crippen molar-refractivity contribution in [3.8, 4) is 0 Å². The van der Waals surface area contributed by atoms with Gasteiger partial charge in [0, 0.05) is 26.6 Å². The number of halogens is 2. The molecule has 3 aromatic rings. The lowest BCUT2D eigenvalue weighted by Crippen LogP contribution is -2.29. The SMILES string of the molecule is O=C1C(=O)N(c2nccs2)[C@@H](c2ccc(Cl)cc2)/C1=C(\O)c1ccc(Br)cc1. The number of benzene rings is 2. The lowest BCUT2D eigenvalue weighted by atomic mass is 9.95. The number of amides is 1. The standard InChI is InChI=1S/C20H12BrClN2O3S/c21-13-5-1-12(2-6-13)17(25)15-16(11-3-7-14(22)8-4-11)24(19(27)18(15)26)20-23-9-10-28-20/h1-10,16,25H/b17-15+/t16-/m0/s1. The number of carbonyl (C=O) groups excluding carboxylic acids is 2. The second-order valence-corrected chi connectivity index (χ2v) is 8.27. The van der Waals surface area contributed by atoms with Gasteiger partial charge in [-0.25, -0.2) is 4.98 Å². The van der Waals surface area contributed by atoms with E-state index in [4.69, 9.17) is 11.6 Å². The van der Waals surface area contributed by atoms with Crippen LogP contribution in [-0.4, -0.2) is 21.8 Å². The van der Waals surface area contributed by atoms with Crippen molar-refractivity contribution < 1.29 is 14.7 Å². The molecule has 2 aromatic carbocycles. The Bertz CT molecular complexity index is 1080. The van der Waals surface area contributed by atoms with Crippen molar-refractivity contribution in [3.05, 3.63) is 86.3 Å². The molecule has 140 valence electrons. The maximum absolute atomic E-state index is 12.9. The molecule has 1 saturated heterocycles. The Kier molecular flexibility index (Phi) is 5.05. The predicted molar refractivity (Wildman–Crippen MR) is 112 cm³/mol. The number of carbonyl (C=O) groups is 2. The largest absolute Gasteiger partial charge is 0.507 e. The fourth-order valence-electron chi connectivity index (χ4n) is 3.09. The quantitative estimate of drug-likeness (QED) is 0.322. The van der Waals surface area contributed by atoms with E-state index in [1.165, 1.54) is 16.2 Å². The van der Waals surface area contributed by atoms with Crippen LogP contribution in [0.2, 0.25) is 5.02 Å². The molecule has 1 aromatic heterocycles. The first-order valence-electron chi connectivity index (χ1n) is 8.19. The lowest BCUT2D eigenvalue weighted by Gasteiger charge is -2.23. The number of anilines is 1. The number of nitrogens with zero attached hydrogens (tertiary/aromatic N) is 2. The first kappa shape index (κ1) is 18.9. The second-order valence-electron chi connectivity index (χ2n) is 6.04. The van der Waals surface area contributed by atoms with Crippen molar-refractivity contribution >= 4 is 61.4 Å². The van der Waals surface area contributed by atoms with Gasteiger partial charge in [-0.15, -0.1) is 11.3 Å². The zero-order valence-corrected chi connectivity index (χ0v) is 17.3. The van der Waals surface area contributed by atoms with Crippen LogP contribution in [0.5, 0.6) is 0 Å². The first-order chi connectivity index (χ1) is 13.5. The maximum atomic E-state index is 12.9. The van der Waals surface area contributed by atoms with Crippen LogP contribution < -0.4 is 4.90 Å². The molecule has 8 heteroatoms. The average molecular weight is 476 g/mol. The molecule has 1 aliphatic rings. The number of aliphatic hydroxyl groups is 1. The third-order valence-electron chi connectivity index (χ3n) is 4.37. The summed E-state index contributed by atoms with van der Waals surface area (Å²) in [4.78, 5) is 31.2. The topological polar surface area (TPSA) is 70.5 Å². The minimum atomic E-state index is -0.799. The summed E-state index contributed by atoms with van der Waals surface area (Å²) in [6.07, 6.45) is 1.56. The molecule has 28 heavy (non-hydrogen) atoms. The lowest BCUT2D eigenvalue weighted by molar-refractivity contribution is -0.132. The highest BCUT2D eigenvalue weighted by molar-refractivity contribution is 9.10. The van der Waals surface area contributed by atoms with Crippen molar-refractivity contribution in [1.29, 1.82) is 0 Å². The maximum Gasteiger partial charge on any atom is 0.301 e. The van der Waals surface area contributed by atoms with E-state index >= 15 is 0 Å². The van der Waals surface area contributed by atoms with E-state index in [9.17, 15) is 14.7 Å².